The molecule has 0 spiro atoms. The first-order valence-electron chi connectivity index (χ1n) is 11.1. The monoisotopic (exact) mass is 440 g/mol. The Morgan fingerprint density at radius 1 is 1.12 bits per heavy atom. The summed E-state index contributed by atoms with van der Waals surface area (Å²) in [6, 6.07) is 16.8. The summed E-state index contributed by atoms with van der Waals surface area (Å²) in [5, 5.41) is 11.3. The molecule has 1 unspecified atom stereocenters. The average Bonchev–Trinajstić information content (AvgIpc) is 2.80. The number of carbonyl (C=O) groups excluding carboxylic acids is 1. The quantitative estimate of drug-likeness (QED) is 0.559. The Hall–Kier alpha value is -2.90. The number of carboxylic acid groups (broad SMARTS) is 1. The third kappa shape index (κ3) is 7.35. The molecule has 2 aromatic carbocycles. The normalized spacial score (nSPS) is 16.5. The van der Waals surface area contributed by atoms with Gasteiger partial charge < -0.3 is 24.8 Å². The van der Waals surface area contributed by atoms with Gasteiger partial charge in [-0.2, -0.15) is 0 Å². The highest BCUT2D eigenvalue weighted by Crippen LogP contribution is 2.29. The van der Waals surface area contributed by atoms with Gasteiger partial charge in [0.25, 0.3) is 0 Å². The van der Waals surface area contributed by atoms with Gasteiger partial charge in [0, 0.05) is 19.6 Å². The van der Waals surface area contributed by atoms with E-state index in [1.165, 1.54) is 23.1 Å². The number of methoxy groups -OCH3 is 1. The van der Waals surface area contributed by atoms with Crippen LogP contribution in [0.1, 0.15) is 18.4 Å². The Balaban J connectivity index is 1.50. The Morgan fingerprint density at radius 3 is 2.66 bits per heavy atom. The van der Waals surface area contributed by atoms with Gasteiger partial charge in [0.15, 0.2) is 0 Å². The molecule has 1 heterocycles. The molecule has 7 heteroatoms. The summed E-state index contributed by atoms with van der Waals surface area (Å²) in [4.78, 5) is 24.5. The van der Waals surface area contributed by atoms with Gasteiger partial charge in [-0.05, 0) is 60.5 Å². The van der Waals surface area contributed by atoms with Gasteiger partial charge in [-0.25, -0.2) is 4.79 Å². The Kier molecular flexibility index (Phi) is 9.07. The number of hydrogen-bond donors (Lipinski definition) is 2. The van der Waals surface area contributed by atoms with Crippen LogP contribution in [0.5, 0.6) is 5.75 Å². The van der Waals surface area contributed by atoms with Crippen molar-refractivity contribution < 1.29 is 24.2 Å². The number of aliphatic carboxylic acids is 1. The highest BCUT2D eigenvalue weighted by Gasteiger charge is 2.21. The van der Waals surface area contributed by atoms with E-state index in [1.807, 2.05) is 12.1 Å². The smallest absolute Gasteiger partial charge is 0.329 e. The van der Waals surface area contributed by atoms with Gasteiger partial charge in [0.2, 0.25) is 5.91 Å². The van der Waals surface area contributed by atoms with Crippen LogP contribution >= 0.6 is 0 Å². The zero-order valence-corrected chi connectivity index (χ0v) is 18.6. The lowest BCUT2D eigenvalue weighted by atomic mass is 9.88. The zero-order chi connectivity index (χ0) is 22.8. The number of benzene rings is 2. The first kappa shape index (κ1) is 23.8. The van der Waals surface area contributed by atoms with E-state index in [0.29, 0.717) is 12.5 Å². The molecule has 1 amide bonds. The Bertz CT molecular complexity index is 884. The van der Waals surface area contributed by atoms with Crippen molar-refractivity contribution in [1.29, 1.82) is 0 Å². The molecule has 1 aliphatic heterocycles. The van der Waals surface area contributed by atoms with E-state index in [-0.39, 0.29) is 12.5 Å². The van der Waals surface area contributed by atoms with Crippen LogP contribution in [0, 0.1) is 5.92 Å². The molecule has 0 bridgehead atoms. The third-order valence-corrected chi connectivity index (χ3v) is 5.74. The molecule has 3 rings (SSSR count). The number of ether oxygens (including phenoxy) is 2. The highest BCUT2D eigenvalue weighted by atomic mass is 16.5. The predicted octanol–water partition coefficient (Wildman–Crippen LogP) is 2.83. The number of likely N-dealkylation sites (tertiary alicyclic amines) is 1. The number of nitrogens with one attached hydrogen (secondary N) is 1. The third-order valence-electron chi connectivity index (χ3n) is 5.74. The first-order valence-corrected chi connectivity index (χ1v) is 11.1. The van der Waals surface area contributed by atoms with Crippen molar-refractivity contribution in [2.75, 3.05) is 46.5 Å². The van der Waals surface area contributed by atoms with E-state index in [9.17, 15) is 9.59 Å². The summed E-state index contributed by atoms with van der Waals surface area (Å²) in [5.74, 6) is 0.0615. The molecule has 0 aromatic heterocycles. The van der Waals surface area contributed by atoms with E-state index in [1.54, 1.807) is 7.11 Å². The van der Waals surface area contributed by atoms with Crippen LogP contribution in [0.25, 0.3) is 11.1 Å². The van der Waals surface area contributed by atoms with Crippen LogP contribution < -0.4 is 10.1 Å². The van der Waals surface area contributed by atoms with Crippen molar-refractivity contribution in [3.63, 3.8) is 0 Å². The van der Waals surface area contributed by atoms with E-state index in [2.05, 4.69) is 46.6 Å². The minimum absolute atomic E-state index is 0.225. The fourth-order valence-electron chi connectivity index (χ4n) is 4.22. The number of nitrogens with zero attached hydrogens (tertiary/aromatic N) is 1. The fourth-order valence-corrected chi connectivity index (χ4v) is 4.22. The Labute approximate surface area is 189 Å². The fraction of sp³-hybridized carbons (Fsp3) is 0.440. The lowest BCUT2D eigenvalue weighted by Gasteiger charge is -2.33. The van der Waals surface area contributed by atoms with Crippen LogP contribution in [0.3, 0.4) is 0 Å². The van der Waals surface area contributed by atoms with Gasteiger partial charge in [0.05, 0.1) is 7.11 Å². The number of carbonyl (C=O) groups is 2. The maximum Gasteiger partial charge on any atom is 0.329 e. The zero-order valence-electron chi connectivity index (χ0n) is 18.6. The van der Waals surface area contributed by atoms with E-state index >= 15 is 0 Å². The minimum Gasteiger partial charge on any atom is -0.497 e. The van der Waals surface area contributed by atoms with Crippen molar-refractivity contribution in [2.45, 2.75) is 19.3 Å². The molecule has 7 nitrogen and oxygen atoms in total. The van der Waals surface area contributed by atoms with Crippen molar-refractivity contribution in [1.82, 2.24) is 10.2 Å². The molecule has 2 N–H and O–H groups in total. The SMILES string of the molecule is COc1ccc(-c2ccccc2CC2CCCN(CCNC(=O)COCC(=O)O)C2)cc1. The molecule has 2 aromatic rings. The van der Waals surface area contributed by atoms with Gasteiger partial charge in [-0.15, -0.1) is 0 Å². The lowest BCUT2D eigenvalue weighted by molar-refractivity contribution is -0.143. The molecule has 0 radical (unpaired) electrons. The van der Waals surface area contributed by atoms with Crippen LogP contribution in [-0.2, 0) is 20.7 Å². The van der Waals surface area contributed by atoms with Crippen molar-refractivity contribution in [2.24, 2.45) is 5.92 Å². The summed E-state index contributed by atoms with van der Waals surface area (Å²) in [6.45, 7) is 2.66. The summed E-state index contributed by atoms with van der Waals surface area (Å²) in [5.41, 5.74) is 3.82. The average molecular weight is 441 g/mol. The number of carboxylic acids is 1. The van der Waals surface area contributed by atoms with Gasteiger partial charge >= 0.3 is 5.97 Å². The van der Waals surface area contributed by atoms with Gasteiger partial charge in [-0.3, -0.25) is 4.79 Å². The Morgan fingerprint density at radius 2 is 1.91 bits per heavy atom. The number of hydrogen-bond acceptors (Lipinski definition) is 5. The highest BCUT2D eigenvalue weighted by molar-refractivity contribution is 5.77. The molecular formula is C25H32N2O5. The molecule has 1 saturated heterocycles. The lowest BCUT2D eigenvalue weighted by Crippen LogP contribution is -2.41. The molecular weight excluding hydrogens is 408 g/mol. The number of piperidine rings is 1. The maximum absolute atomic E-state index is 11.7. The first-order chi connectivity index (χ1) is 15.5. The van der Waals surface area contributed by atoms with Crippen LogP contribution in [0.4, 0.5) is 0 Å². The number of amides is 1. The van der Waals surface area contributed by atoms with Crippen molar-refractivity contribution in [3.8, 4) is 16.9 Å². The van der Waals surface area contributed by atoms with Crippen LogP contribution in [-0.4, -0.2) is 68.4 Å². The summed E-state index contributed by atoms with van der Waals surface area (Å²) in [6.07, 6.45) is 3.36. The second kappa shape index (κ2) is 12.2. The maximum atomic E-state index is 11.7. The van der Waals surface area contributed by atoms with Crippen LogP contribution in [0.2, 0.25) is 0 Å². The largest absolute Gasteiger partial charge is 0.497 e. The summed E-state index contributed by atoms with van der Waals surface area (Å²) in [7, 11) is 1.68. The summed E-state index contributed by atoms with van der Waals surface area (Å²) >= 11 is 0. The van der Waals surface area contributed by atoms with Crippen LogP contribution in [0.15, 0.2) is 48.5 Å². The number of rotatable bonds is 11. The molecule has 172 valence electrons. The van der Waals surface area contributed by atoms with E-state index in [4.69, 9.17) is 14.6 Å². The summed E-state index contributed by atoms with van der Waals surface area (Å²) < 4.78 is 10.1. The topological polar surface area (TPSA) is 88.1 Å². The molecule has 1 aliphatic rings. The molecule has 0 saturated carbocycles. The van der Waals surface area contributed by atoms with E-state index in [0.717, 1.165) is 38.2 Å². The molecule has 0 aliphatic carbocycles. The molecule has 1 fully saturated rings. The minimum atomic E-state index is -1.08. The second-order valence-corrected chi connectivity index (χ2v) is 8.14. The molecule has 32 heavy (non-hydrogen) atoms. The van der Waals surface area contributed by atoms with E-state index < -0.39 is 12.6 Å². The van der Waals surface area contributed by atoms with Crippen molar-refractivity contribution >= 4 is 11.9 Å². The predicted molar refractivity (Wildman–Crippen MR) is 123 cm³/mol. The van der Waals surface area contributed by atoms with Crippen molar-refractivity contribution in [3.05, 3.63) is 54.1 Å². The standard InChI is InChI=1S/C25H32N2O5/c1-31-22-10-8-20(9-11-22)23-7-3-2-6-21(23)15-19-5-4-13-27(16-19)14-12-26-24(28)17-32-18-25(29)30/h2-3,6-11,19H,4-5,12-18H2,1H3,(H,26,28)(H,29,30). The van der Waals surface area contributed by atoms with Gasteiger partial charge in [-0.1, -0.05) is 36.4 Å². The second-order valence-electron chi connectivity index (χ2n) is 8.14. The van der Waals surface area contributed by atoms with Gasteiger partial charge in [0.1, 0.15) is 19.0 Å². The molecule has 1 atom stereocenters.